The van der Waals surface area contributed by atoms with Crippen LogP contribution in [-0.4, -0.2) is 92.1 Å². The third kappa shape index (κ3) is 6.26. The average Bonchev–Trinajstić information content (AvgIpc) is 2.69. The van der Waals surface area contributed by atoms with Gasteiger partial charge in [0.05, 0.1) is 26.3 Å². The fourth-order valence-electron chi connectivity index (χ4n) is 3.85. The van der Waals surface area contributed by atoms with Crippen molar-refractivity contribution in [2.24, 2.45) is 0 Å². The molecule has 0 saturated carbocycles. The van der Waals surface area contributed by atoms with Gasteiger partial charge in [0.2, 0.25) is 11.8 Å². The molecule has 1 aromatic carbocycles. The van der Waals surface area contributed by atoms with Crippen molar-refractivity contribution in [2.75, 3.05) is 70.9 Å². The van der Waals surface area contributed by atoms with Gasteiger partial charge in [-0.3, -0.25) is 19.4 Å². The number of amides is 2. The highest BCUT2D eigenvalue weighted by molar-refractivity contribution is 5.93. The Labute approximate surface area is 174 Å². The van der Waals surface area contributed by atoms with E-state index in [-0.39, 0.29) is 17.2 Å². The van der Waals surface area contributed by atoms with E-state index < -0.39 is 0 Å². The smallest absolute Gasteiger partial charge is 0.238 e. The highest BCUT2D eigenvalue weighted by atomic mass is 16.5. The zero-order chi connectivity index (χ0) is 20.9. The van der Waals surface area contributed by atoms with E-state index >= 15 is 0 Å². The molecular weight excluding hydrogens is 368 g/mol. The summed E-state index contributed by atoms with van der Waals surface area (Å²) in [5.74, 6) is 0.192. The highest BCUT2D eigenvalue weighted by Crippen LogP contribution is 2.29. The molecule has 2 aliphatic heterocycles. The number of nitrogens with zero attached hydrogens (tertiary/aromatic N) is 3. The van der Waals surface area contributed by atoms with Crippen LogP contribution in [0.1, 0.15) is 26.3 Å². The molecule has 7 heteroatoms. The van der Waals surface area contributed by atoms with Gasteiger partial charge >= 0.3 is 0 Å². The Balaban J connectivity index is 1.44. The predicted molar refractivity (Wildman–Crippen MR) is 114 cm³/mol. The number of anilines is 1. The Bertz CT molecular complexity index is 702. The minimum Gasteiger partial charge on any atom is -0.378 e. The summed E-state index contributed by atoms with van der Waals surface area (Å²) in [6, 6.07) is 8.00. The molecule has 0 atom stereocenters. The second-order valence-electron chi connectivity index (χ2n) is 8.89. The van der Waals surface area contributed by atoms with Crippen LogP contribution in [0.5, 0.6) is 0 Å². The van der Waals surface area contributed by atoms with Crippen molar-refractivity contribution in [1.29, 1.82) is 0 Å². The van der Waals surface area contributed by atoms with E-state index in [9.17, 15) is 9.59 Å². The van der Waals surface area contributed by atoms with Crippen LogP contribution in [0.2, 0.25) is 0 Å². The molecular formula is C22H34N4O3. The molecule has 2 heterocycles. The molecule has 0 bridgehead atoms. The fraction of sp³-hybridized carbons (Fsp3) is 0.636. The number of benzene rings is 1. The van der Waals surface area contributed by atoms with Crippen LogP contribution in [0.25, 0.3) is 0 Å². The number of rotatable bonds is 5. The zero-order valence-electron chi connectivity index (χ0n) is 17.9. The first kappa shape index (κ1) is 21.7. The van der Waals surface area contributed by atoms with Crippen LogP contribution in [0, 0.1) is 0 Å². The summed E-state index contributed by atoms with van der Waals surface area (Å²) >= 11 is 0. The molecule has 2 amide bonds. The SMILES string of the molecule is CC(C)(C)c1ccccc1NC(=O)CN1CCN(CC(=O)N2CCOCC2)CC1. The summed E-state index contributed by atoms with van der Waals surface area (Å²) in [5, 5.41) is 3.08. The summed E-state index contributed by atoms with van der Waals surface area (Å²) in [6.45, 7) is 13.1. The van der Waals surface area contributed by atoms with Gasteiger partial charge < -0.3 is 15.0 Å². The van der Waals surface area contributed by atoms with Gasteiger partial charge in [0.15, 0.2) is 0 Å². The molecule has 29 heavy (non-hydrogen) atoms. The lowest BCUT2D eigenvalue weighted by Gasteiger charge is -2.35. The number of hydrogen-bond acceptors (Lipinski definition) is 5. The van der Waals surface area contributed by atoms with E-state index in [4.69, 9.17) is 4.74 Å². The van der Waals surface area contributed by atoms with Crippen molar-refractivity contribution in [1.82, 2.24) is 14.7 Å². The fourth-order valence-corrected chi connectivity index (χ4v) is 3.85. The van der Waals surface area contributed by atoms with E-state index in [1.807, 2.05) is 23.1 Å². The maximum absolute atomic E-state index is 12.6. The largest absolute Gasteiger partial charge is 0.378 e. The molecule has 1 N–H and O–H groups in total. The van der Waals surface area contributed by atoms with Crippen LogP contribution < -0.4 is 5.32 Å². The van der Waals surface area contributed by atoms with E-state index in [1.54, 1.807) is 0 Å². The molecule has 0 aromatic heterocycles. The molecule has 2 fully saturated rings. The van der Waals surface area contributed by atoms with Gasteiger partial charge in [-0.2, -0.15) is 0 Å². The minimum absolute atomic E-state index is 0.0135. The van der Waals surface area contributed by atoms with Gasteiger partial charge in [0.1, 0.15) is 0 Å². The van der Waals surface area contributed by atoms with Crippen molar-refractivity contribution in [3.63, 3.8) is 0 Å². The average molecular weight is 403 g/mol. The Morgan fingerprint density at radius 3 is 2.14 bits per heavy atom. The topological polar surface area (TPSA) is 65.1 Å². The molecule has 0 radical (unpaired) electrons. The van der Waals surface area contributed by atoms with Crippen molar-refractivity contribution in [3.8, 4) is 0 Å². The third-order valence-electron chi connectivity index (χ3n) is 5.56. The van der Waals surface area contributed by atoms with E-state index in [0.29, 0.717) is 39.4 Å². The number of para-hydroxylation sites is 1. The number of hydrogen-bond donors (Lipinski definition) is 1. The lowest BCUT2D eigenvalue weighted by molar-refractivity contribution is -0.137. The molecule has 2 saturated heterocycles. The monoisotopic (exact) mass is 402 g/mol. The number of ether oxygens (including phenoxy) is 1. The molecule has 3 rings (SSSR count). The highest BCUT2D eigenvalue weighted by Gasteiger charge is 2.24. The normalized spacial score (nSPS) is 19.2. The van der Waals surface area contributed by atoms with E-state index in [1.165, 1.54) is 0 Å². The maximum atomic E-state index is 12.6. The Hall–Kier alpha value is -1.96. The van der Waals surface area contributed by atoms with Crippen molar-refractivity contribution < 1.29 is 14.3 Å². The molecule has 7 nitrogen and oxygen atoms in total. The van der Waals surface area contributed by atoms with Gasteiger partial charge in [-0.05, 0) is 17.0 Å². The van der Waals surface area contributed by atoms with Crippen LogP contribution in [-0.2, 0) is 19.7 Å². The lowest BCUT2D eigenvalue weighted by atomic mass is 9.86. The Morgan fingerprint density at radius 2 is 1.52 bits per heavy atom. The first-order chi connectivity index (χ1) is 13.8. The predicted octanol–water partition coefficient (Wildman–Crippen LogP) is 1.40. The number of piperazine rings is 1. The van der Waals surface area contributed by atoms with Crippen LogP contribution >= 0.6 is 0 Å². The van der Waals surface area contributed by atoms with Gasteiger partial charge in [-0.15, -0.1) is 0 Å². The van der Waals surface area contributed by atoms with Gasteiger partial charge in [-0.1, -0.05) is 39.0 Å². The molecule has 0 unspecified atom stereocenters. The Morgan fingerprint density at radius 1 is 0.931 bits per heavy atom. The second-order valence-corrected chi connectivity index (χ2v) is 8.89. The second kappa shape index (κ2) is 9.69. The van der Waals surface area contributed by atoms with E-state index in [0.717, 1.165) is 37.4 Å². The van der Waals surface area contributed by atoms with E-state index in [2.05, 4.69) is 42.0 Å². The van der Waals surface area contributed by atoms with Crippen molar-refractivity contribution in [2.45, 2.75) is 26.2 Å². The molecule has 1 aromatic rings. The molecule has 160 valence electrons. The summed E-state index contributed by atoms with van der Waals surface area (Å²) in [5.41, 5.74) is 2.00. The summed E-state index contributed by atoms with van der Waals surface area (Å²) < 4.78 is 5.31. The molecule has 0 spiro atoms. The van der Waals surface area contributed by atoms with Crippen LogP contribution in [0.15, 0.2) is 24.3 Å². The molecule has 2 aliphatic rings. The number of carbonyl (C=O) groups is 2. The number of carbonyl (C=O) groups excluding carboxylic acids is 2. The standard InChI is InChI=1S/C22H34N4O3/c1-22(2,3)18-6-4-5-7-19(18)23-20(27)16-24-8-10-25(11-9-24)17-21(28)26-12-14-29-15-13-26/h4-7H,8-17H2,1-3H3,(H,23,27). The minimum atomic E-state index is -0.0253. The summed E-state index contributed by atoms with van der Waals surface area (Å²) in [6.07, 6.45) is 0. The van der Waals surface area contributed by atoms with Crippen LogP contribution in [0.4, 0.5) is 5.69 Å². The number of nitrogens with one attached hydrogen (secondary N) is 1. The maximum Gasteiger partial charge on any atom is 0.238 e. The first-order valence-electron chi connectivity index (χ1n) is 10.5. The van der Waals surface area contributed by atoms with Crippen molar-refractivity contribution >= 4 is 17.5 Å². The Kier molecular flexibility index (Phi) is 7.27. The summed E-state index contributed by atoms with van der Waals surface area (Å²) in [7, 11) is 0. The third-order valence-corrected chi connectivity index (χ3v) is 5.56. The van der Waals surface area contributed by atoms with Crippen molar-refractivity contribution in [3.05, 3.63) is 29.8 Å². The van der Waals surface area contributed by atoms with Gasteiger partial charge in [-0.25, -0.2) is 0 Å². The van der Waals surface area contributed by atoms with Gasteiger partial charge in [0, 0.05) is 45.0 Å². The number of morpholine rings is 1. The first-order valence-corrected chi connectivity index (χ1v) is 10.5. The zero-order valence-corrected chi connectivity index (χ0v) is 17.9. The van der Waals surface area contributed by atoms with Crippen LogP contribution in [0.3, 0.4) is 0 Å². The lowest BCUT2D eigenvalue weighted by Crippen LogP contribution is -2.52. The summed E-state index contributed by atoms with van der Waals surface area (Å²) in [4.78, 5) is 31.2. The molecule has 0 aliphatic carbocycles. The van der Waals surface area contributed by atoms with Gasteiger partial charge in [0.25, 0.3) is 0 Å². The quantitative estimate of drug-likeness (QED) is 0.807.